The lowest BCUT2D eigenvalue weighted by Crippen LogP contribution is -2.38. The Bertz CT molecular complexity index is 783. The maximum Gasteiger partial charge on any atom is 0.315 e. The first-order valence-corrected chi connectivity index (χ1v) is 8.70. The number of amides is 2. The van der Waals surface area contributed by atoms with Crippen molar-refractivity contribution in [3.8, 4) is 11.5 Å². The molecule has 132 valence electrons. The molecular weight excluding hydrogens is 363 g/mol. The highest BCUT2D eigenvalue weighted by atomic mass is 35.5. The van der Waals surface area contributed by atoms with Gasteiger partial charge in [0.1, 0.15) is 24.7 Å². The number of hydrogen-bond acceptors (Lipinski definition) is 3. The molecule has 2 aromatic carbocycles. The normalized spacial score (nSPS) is 15.2. The molecule has 2 aromatic rings. The Morgan fingerprint density at radius 2 is 2.12 bits per heavy atom. The second-order valence-electron chi connectivity index (χ2n) is 5.59. The van der Waals surface area contributed by atoms with Crippen LogP contribution in [0.2, 0.25) is 10.0 Å². The third kappa shape index (κ3) is 4.30. The molecule has 0 saturated heterocycles. The van der Waals surface area contributed by atoms with Crippen LogP contribution in [-0.4, -0.2) is 19.2 Å². The van der Waals surface area contributed by atoms with E-state index < -0.39 is 0 Å². The van der Waals surface area contributed by atoms with E-state index in [1.807, 2.05) is 31.2 Å². The Morgan fingerprint density at radius 3 is 2.88 bits per heavy atom. The van der Waals surface area contributed by atoms with Gasteiger partial charge in [-0.05, 0) is 31.2 Å². The predicted octanol–water partition coefficient (Wildman–Crippen LogP) is 4.33. The minimum atomic E-state index is -0.207. The molecule has 1 atom stereocenters. The molecule has 2 amide bonds. The second-order valence-corrected chi connectivity index (χ2v) is 6.44. The molecule has 1 heterocycles. The van der Waals surface area contributed by atoms with Gasteiger partial charge in [0, 0.05) is 33.8 Å². The molecule has 7 heteroatoms. The molecule has 0 aliphatic carbocycles. The second kappa shape index (κ2) is 7.85. The van der Waals surface area contributed by atoms with Gasteiger partial charge in [0.25, 0.3) is 0 Å². The van der Waals surface area contributed by atoms with Crippen LogP contribution in [0.15, 0.2) is 36.4 Å². The molecule has 2 N–H and O–H groups in total. The van der Waals surface area contributed by atoms with Crippen molar-refractivity contribution >= 4 is 29.2 Å². The molecule has 0 aromatic heterocycles. The number of nitrogens with one attached hydrogen (secondary N) is 2. The molecule has 1 aliphatic rings. The van der Waals surface area contributed by atoms with Crippen LogP contribution in [0, 0.1) is 0 Å². The van der Waals surface area contributed by atoms with E-state index in [1.54, 1.807) is 12.1 Å². The molecule has 1 unspecified atom stereocenters. The Morgan fingerprint density at radius 1 is 1.28 bits per heavy atom. The molecule has 3 rings (SSSR count). The zero-order chi connectivity index (χ0) is 17.8. The van der Waals surface area contributed by atoms with Crippen LogP contribution in [0.1, 0.15) is 24.1 Å². The first-order chi connectivity index (χ1) is 12.1. The molecule has 0 fully saturated rings. The number of benzene rings is 2. The monoisotopic (exact) mass is 380 g/mol. The summed E-state index contributed by atoms with van der Waals surface area (Å²) >= 11 is 12.0. The summed E-state index contributed by atoms with van der Waals surface area (Å²) in [6.45, 7) is 3.18. The third-order valence-corrected chi connectivity index (χ3v) is 4.41. The van der Waals surface area contributed by atoms with Gasteiger partial charge in [-0.2, -0.15) is 0 Å². The van der Waals surface area contributed by atoms with Gasteiger partial charge in [-0.25, -0.2) is 4.79 Å². The highest BCUT2D eigenvalue weighted by Gasteiger charge is 2.26. The van der Waals surface area contributed by atoms with Crippen LogP contribution in [0.3, 0.4) is 0 Å². The zero-order valence-electron chi connectivity index (χ0n) is 13.6. The maximum absolute atomic E-state index is 11.7. The van der Waals surface area contributed by atoms with Gasteiger partial charge in [0.15, 0.2) is 0 Å². The SMILES string of the molecule is CCNC(=O)NC1COc2cc(OCc3ccc(Cl)cc3Cl)ccc21. The standard InChI is InChI=1S/C18H18Cl2N2O3/c1-2-21-18(23)22-16-10-25-17-8-13(5-6-14(16)17)24-9-11-3-4-12(19)7-15(11)20/h3-8,16H,2,9-10H2,1H3,(H2,21,22,23). The van der Waals surface area contributed by atoms with Crippen LogP contribution in [0.4, 0.5) is 4.79 Å². The molecule has 0 saturated carbocycles. The van der Waals surface area contributed by atoms with Gasteiger partial charge in [0.2, 0.25) is 0 Å². The van der Waals surface area contributed by atoms with Crippen LogP contribution >= 0.6 is 23.2 Å². The summed E-state index contributed by atoms with van der Waals surface area (Å²) in [6, 6.07) is 10.5. The quantitative estimate of drug-likeness (QED) is 0.811. The highest BCUT2D eigenvalue weighted by molar-refractivity contribution is 6.35. The van der Waals surface area contributed by atoms with E-state index in [9.17, 15) is 4.79 Å². The number of hydrogen-bond donors (Lipinski definition) is 2. The van der Waals surface area contributed by atoms with Gasteiger partial charge in [-0.3, -0.25) is 0 Å². The summed E-state index contributed by atoms with van der Waals surface area (Å²) in [5.74, 6) is 1.38. The Balaban J connectivity index is 1.65. The number of fused-ring (bicyclic) bond motifs is 1. The largest absolute Gasteiger partial charge is 0.491 e. The van der Waals surface area contributed by atoms with E-state index in [1.165, 1.54) is 0 Å². The molecule has 1 aliphatic heterocycles. The Kier molecular flexibility index (Phi) is 5.56. The van der Waals surface area contributed by atoms with Crippen molar-refractivity contribution in [2.24, 2.45) is 0 Å². The van der Waals surface area contributed by atoms with E-state index in [2.05, 4.69) is 10.6 Å². The van der Waals surface area contributed by atoms with Gasteiger partial charge in [-0.15, -0.1) is 0 Å². The van der Waals surface area contributed by atoms with Crippen LogP contribution in [0.25, 0.3) is 0 Å². The molecule has 0 spiro atoms. The highest BCUT2D eigenvalue weighted by Crippen LogP contribution is 2.35. The van der Waals surface area contributed by atoms with Crippen molar-refractivity contribution in [1.29, 1.82) is 0 Å². The molecule has 25 heavy (non-hydrogen) atoms. The van der Waals surface area contributed by atoms with E-state index in [4.69, 9.17) is 32.7 Å². The number of rotatable bonds is 5. The fourth-order valence-corrected chi connectivity index (χ4v) is 3.03. The third-order valence-electron chi connectivity index (χ3n) is 3.82. The summed E-state index contributed by atoms with van der Waals surface area (Å²) in [6.07, 6.45) is 0. The number of halogens is 2. The van der Waals surface area contributed by atoms with Gasteiger partial charge in [0.05, 0.1) is 6.04 Å². The summed E-state index contributed by atoms with van der Waals surface area (Å²) < 4.78 is 11.4. The lowest BCUT2D eigenvalue weighted by molar-refractivity contribution is 0.232. The van der Waals surface area contributed by atoms with Crippen molar-refractivity contribution in [1.82, 2.24) is 10.6 Å². The minimum Gasteiger partial charge on any atom is -0.491 e. The van der Waals surface area contributed by atoms with E-state index in [0.717, 1.165) is 11.1 Å². The van der Waals surface area contributed by atoms with E-state index in [-0.39, 0.29) is 12.1 Å². The van der Waals surface area contributed by atoms with Crippen molar-refractivity contribution in [3.63, 3.8) is 0 Å². The van der Waals surface area contributed by atoms with E-state index in [0.29, 0.717) is 41.3 Å². The first-order valence-electron chi connectivity index (χ1n) is 7.94. The van der Waals surface area contributed by atoms with Crippen LogP contribution in [0.5, 0.6) is 11.5 Å². The summed E-state index contributed by atoms with van der Waals surface area (Å²) in [5.41, 5.74) is 1.78. The lowest BCUT2D eigenvalue weighted by atomic mass is 10.1. The first kappa shape index (κ1) is 17.7. The maximum atomic E-state index is 11.7. The van der Waals surface area contributed by atoms with E-state index >= 15 is 0 Å². The number of ether oxygens (including phenoxy) is 2. The molecule has 5 nitrogen and oxygen atoms in total. The Labute approximate surface area is 156 Å². The minimum absolute atomic E-state index is 0.165. The smallest absolute Gasteiger partial charge is 0.315 e. The summed E-state index contributed by atoms with van der Waals surface area (Å²) in [4.78, 5) is 11.7. The Hall–Kier alpha value is -2.11. The summed E-state index contributed by atoms with van der Waals surface area (Å²) in [7, 11) is 0. The number of carbonyl (C=O) groups is 1. The van der Waals surface area contributed by atoms with Gasteiger partial charge in [-0.1, -0.05) is 29.3 Å². The average molecular weight is 381 g/mol. The predicted molar refractivity (Wildman–Crippen MR) is 97.7 cm³/mol. The molecular formula is C18H18Cl2N2O3. The van der Waals surface area contributed by atoms with Crippen molar-refractivity contribution in [3.05, 3.63) is 57.6 Å². The van der Waals surface area contributed by atoms with Crippen molar-refractivity contribution in [2.45, 2.75) is 19.6 Å². The van der Waals surface area contributed by atoms with Crippen molar-refractivity contribution < 1.29 is 14.3 Å². The van der Waals surface area contributed by atoms with Gasteiger partial charge >= 0.3 is 6.03 Å². The topological polar surface area (TPSA) is 59.6 Å². The fraction of sp³-hybridized carbons (Fsp3) is 0.278. The zero-order valence-corrected chi connectivity index (χ0v) is 15.2. The fourth-order valence-electron chi connectivity index (χ4n) is 2.57. The summed E-state index contributed by atoms with van der Waals surface area (Å²) in [5, 5.41) is 6.74. The number of urea groups is 1. The molecule has 0 bridgehead atoms. The van der Waals surface area contributed by atoms with Gasteiger partial charge < -0.3 is 20.1 Å². The average Bonchev–Trinajstić information content (AvgIpc) is 2.96. The molecule has 0 radical (unpaired) electrons. The number of carbonyl (C=O) groups excluding carboxylic acids is 1. The van der Waals surface area contributed by atoms with Crippen molar-refractivity contribution in [2.75, 3.05) is 13.2 Å². The lowest BCUT2D eigenvalue weighted by Gasteiger charge is -2.12. The van der Waals surface area contributed by atoms with Crippen LogP contribution in [-0.2, 0) is 6.61 Å². The van der Waals surface area contributed by atoms with Crippen LogP contribution < -0.4 is 20.1 Å².